The zero-order chi connectivity index (χ0) is 19.8. The smallest absolute Gasteiger partial charge is 0.338 e. The van der Waals surface area contributed by atoms with Crippen molar-refractivity contribution in [2.24, 2.45) is 0 Å². The summed E-state index contributed by atoms with van der Waals surface area (Å²) < 4.78 is 6.43. The molecule has 0 radical (unpaired) electrons. The summed E-state index contributed by atoms with van der Waals surface area (Å²) in [6.07, 6.45) is 1.52. The topological polar surface area (TPSA) is 98.1 Å². The average molecular weight is 434 g/mol. The van der Waals surface area contributed by atoms with Crippen LogP contribution in [0.2, 0.25) is 0 Å². The first-order valence-electron chi connectivity index (χ1n) is 8.34. The van der Waals surface area contributed by atoms with E-state index in [-0.39, 0.29) is 0 Å². The molecular formula is C18H20BrN5O3. The number of rotatable bonds is 3. The van der Waals surface area contributed by atoms with Crippen LogP contribution in [0.5, 0.6) is 0 Å². The summed E-state index contributed by atoms with van der Waals surface area (Å²) in [4.78, 5) is 26.1. The van der Waals surface area contributed by atoms with Gasteiger partial charge in [0.05, 0.1) is 17.5 Å². The molecule has 0 saturated heterocycles. The van der Waals surface area contributed by atoms with E-state index in [1.807, 2.05) is 24.3 Å². The predicted molar refractivity (Wildman–Crippen MR) is 102 cm³/mol. The van der Waals surface area contributed by atoms with Gasteiger partial charge in [-0.15, -0.1) is 0 Å². The van der Waals surface area contributed by atoms with E-state index in [1.54, 1.807) is 27.7 Å². The lowest BCUT2D eigenvalue weighted by atomic mass is 10.0. The number of hydrogen-bond donors (Lipinski definition) is 2. The maximum atomic E-state index is 12.7. The number of allylic oxidation sites excluding steroid dienone is 1. The second-order valence-corrected chi connectivity index (χ2v) is 8.02. The van der Waals surface area contributed by atoms with Crippen LogP contribution in [-0.4, -0.2) is 32.6 Å². The van der Waals surface area contributed by atoms with Crippen LogP contribution in [0.15, 0.2) is 46.2 Å². The molecule has 3 rings (SSSR count). The van der Waals surface area contributed by atoms with Gasteiger partial charge in [-0.25, -0.2) is 9.59 Å². The molecule has 142 valence electrons. The number of urea groups is 1. The molecule has 2 N–H and O–H groups in total. The van der Waals surface area contributed by atoms with E-state index >= 15 is 0 Å². The van der Waals surface area contributed by atoms with Crippen LogP contribution < -0.4 is 10.6 Å². The molecule has 1 aromatic heterocycles. The van der Waals surface area contributed by atoms with Crippen LogP contribution in [0, 0.1) is 0 Å². The number of carbonyl (C=O) groups is 2. The molecule has 1 unspecified atom stereocenters. The molecule has 9 heteroatoms. The Labute approximate surface area is 165 Å². The number of nitrogens with one attached hydrogen (secondary N) is 2. The number of amides is 2. The molecule has 2 aromatic rings. The number of ether oxygens (including phenoxy) is 1. The lowest BCUT2D eigenvalue weighted by Crippen LogP contribution is -2.46. The molecule has 2 heterocycles. The van der Waals surface area contributed by atoms with Gasteiger partial charge in [0.1, 0.15) is 17.3 Å². The normalized spacial score (nSPS) is 17.4. The number of esters is 1. The second-order valence-electron chi connectivity index (χ2n) is 7.11. The number of hydrogen-bond acceptors (Lipinski definition) is 5. The quantitative estimate of drug-likeness (QED) is 0.724. The van der Waals surface area contributed by atoms with E-state index < -0.39 is 23.6 Å². The monoisotopic (exact) mass is 433 g/mol. The SMILES string of the molecule is CC1=C(C(=O)OC(C)(C)C)C(c2cnn(-c3ccc(Br)cc3)n2)NC(=O)N1. The van der Waals surface area contributed by atoms with Crippen molar-refractivity contribution in [1.82, 2.24) is 25.6 Å². The third-order valence-electron chi connectivity index (χ3n) is 3.75. The number of halogens is 1. The van der Waals surface area contributed by atoms with Gasteiger partial charge in [-0.2, -0.15) is 15.0 Å². The first-order valence-corrected chi connectivity index (χ1v) is 9.13. The Morgan fingerprint density at radius 3 is 2.56 bits per heavy atom. The van der Waals surface area contributed by atoms with Crippen LogP contribution in [0.3, 0.4) is 0 Å². The maximum Gasteiger partial charge on any atom is 0.338 e. The van der Waals surface area contributed by atoms with Crippen molar-refractivity contribution in [3.05, 3.63) is 51.9 Å². The van der Waals surface area contributed by atoms with Crippen LogP contribution in [0.25, 0.3) is 5.69 Å². The van der Waals surface area contributed by atoms with Gasteiger partial charge in [0.2, 0.25) is 0 Å². The molecule has 1 aromatic carbocycles. The number of nitrogens with zero attached hydrogens (tertiary/aromatic N) is 3. The van der Waals surface area contributed by atoms with Crippen molar-refractivity contribution in [2.45, 2.75) is 39.3 Å². The number of benzene rings is 1. The largest absolute Gasteiger partial charge is 0.456 e. The highest BCUT2D eigenvalue weighted by Crippen LogP contribution is 2.28. The third-order valence-corrected chi connectivity index (χ3v) is 4.28. The first-order chi connectivity index (χ1) is 12.6. The summed E-state index contributed by atoms with van der Waals surface area (Å²) in [6, 6.07) is 6.29. The van der Waals surface area contributed by atoms with Crippen molar-refractivity contribution >= 4 is 27.9 Å². The van der Waals surface area contributed by atoms with Crippen molar-refractivity contribution in [1.29, 1.82) is 0 Å². The molecule has 8 nitrogen and oxygen atoms in total. The van der Waals surface area contributed by atoms with Gasteiger partial charge in [-0.3, -0.25) is 0 Å². The Hall–Kier alpha value is -2.68. The molecule has 2 amide bonds. The minimum Gasteiger partial charge on any atom is -0.456 e. The Morgan fingerprint density at radius 2 is 1.93 bits per heavy atom. The van der Waals surface area contributed by atoms with Gasteiger partial charge in [-0.1, -0.05) is 15.9 Å². The molecule has 0 aliphatic carbocycles. The van der Waals surface area contributed by atoms with Crippen LogP contribution in [0.1, 0.15) is 39.4 Å². The molecule has 27 heavy (non-hydrogen) atoms. The fourth-order valence-electron chi connectivity index (χ4n) is 2.63. The summed E-state index contributed by atoms with van der Waals surface area (Å²) in [5, 5.41) is 14.0. The minimum absolute atomic E-state index is 0.299. The average Bonchev–Trinajstić information content (AvgIpc) is 3.02. The van der Waals surface area contributed by atoms with Crippen molar-refractivity contribution in [3.8, 4) is 5.69 Å². The first kappa shape index (κ1) is 19.1. The molecule has 0 saturated carbocycles. The Balaban J connectivity index is 1.95. The van der Waals surface area contributed by atoms with E-state index in [0.29, 0.717) is 17.0 Å². The van der Waals surface area contributed by atoms with Gasteiger partial charge >= 0.3 is 12.0 Å². The lowest BCUT2D eigenvalue weighted by molar-refractivity contribution is -0.150. The third kappa shape index (κ3) is 4.36. The molecular weight excluding hydrogens is 414 g/mol. The molecule has 1 aliphatic rings. The van der Waals surface area contributed by atoms with Gasteiger partial charge in [0, 0.05) is 10.2 Å². The molecule has 0 spiro atoms. The summed E-state index contributed by atoms with van der Waals surface area (Å²) in [7, 11) is 0. The molecule has 1 atom stereocenters. The summed E-state index contributed by atoms with van der Waals surface area (Å²) in [5.74, 6) is -0.518. The lowest BCUT2D eigenvalue weighted by Gasteiger charge is -2.28. The van der Waals surface area contributed by atoms with Crippen molar-refractivity contribution in [2.75, 3.05) is 0 Å². The Bertz CT molecular complexity index is 912. The van der Waals surface area contributed by atoms with E-state index in [1.165, 1.54) is 11.0 Å². The van der Waals surface area contributed by atoms with E-state index in [9.17, 15) is 9.59 Å². The number of aromatic nitrogens is 3. The second kappa shape index (κ2) is 7.15. The fourth-order valence-corrected chi connectivity index (χ4v) is 2.89. The van der Waals surface area contributed by atoms with Crippen LogP contribution in [-0.2, 0) is 9.53 Å². The highest BCUT2D eigenvalue weighted by atomic mass is 79.9. The highest BCUT2D eigenvalue weighted by Gasteiger charge is 2.35. The Kier molecular flexibility index (Phi) is 5.05. The summed E-state index contributed by atoms with van der Waals surface area (Å²) >= 11 is 3.38. The minimum atomic E-state index is -0.752. The van der Waals surface area contributed by atoms with Crippen molar-refractivity contribution < 1.29 is 14.3 Å². The predicted octanol–water partition coefficient (Wildman–Crippen LogP) is 3.00. The van der Waals surface area contributed by atoms with E-state index in [4.69, 9.17) is 4.74 Å². The zero-order valence-corrected chi connectivity index (χ0v) is 17.0. The Morgan fingerprint density at radius 1 is 1.26 bits per heavy atom. The molecule has 1 aliphatic heterocycles. The molecule has 0 fully saturated rings. The van der Waals surface area contributed by atoms with Crippen molar-refractivity contribution in [3.63, 3.8) is 0 Å². The van der Waals surface area contributed by atoms with Crippen LogP contribution in [0.4, 0.5) is 4.79 Å². The summed E-state index contributed by atoms with van der Waals surface area (Å²) in [6.45, 7) is 7.02. The number of carbonyl (C=O) groups excluding carboxylic acids is 2. The fraction of sp³-hybridized carbons (Fsp3) is 0.333. The van der Waals surface area contributed by atoms with Crippen LogP contribution >= 0.6 is 15.9 Å². The van der Waals surface area contributed by atoms with Gasteiger partial charge in [0.25, 0.3) is 0 Å². The zero-order valence-electron chi connectivity index (χ0n) is 15.4. The highest BCUT2D eigenvalue weighted by molar-refractivity contribution is 9.10. The van der Waals surface area contributed by atoms with E-state index in [0.717, 1.165) is 10.2 Å². The van der Waals surface area contributed by atoms with E-state index in [2.05, 4.69) is 36.8 Å². The standard InChI is InChI=1S/C18H20BrN5O3/c1-10-14(16(25)27-18(2,3)4)15(22-17(26)21-10)13-9-20-24(23-13)12-7-5-11(19)6-8-12/h5-9,15H,1-4H3,(H2,21,22,26). The van der Waals surface area contributed by atoms with Gasteiger partial charge in [0.15, 0.2) is 0 Å². The molecule has 0 bridgehead atoms. The van der Waals surface area contributed by atoms with Gasteiger partial charge < -0.3 is 15.4 Å². The maximum absolute atomic E-state index is 12.7. The summed E-state index contributed by atoms with van der Waals surface area (Å²) in [5.41, 5.74) is 1.26. The van der Waals surface area contributed by atoms with Gasteiger partial charge in [-0.05, 0) is 52.0 Å².